The third-order valence-electron chi connectivity index (χ3n) is 7.34. The predicted molar refractivity (Wildman–Crippen MR) is 105 cm³/mol. The smallest absolute Gasteiger partial charge is 0.252 e. The standard InChI is InChI=1S/C22H33N3O2/c1-7-13-11-16-18-17(20(26)25(21(18)27)24(5)6)15-10-12(22(2,3)4)8-9-14(15)19(16)23-13/h11-12,14-15,17-18,23H,7-10H2,1-6H3/t12?,14-,15+,17+,18-/m1/s1. The number of aryl methyl sites for hydroxylation is 1. The van der Waals surface area contributed by atoms with Crippen LogP contribution < -0.4 is 0 Å². The molecule has 1 saturated heterocycles. The van der Waals surface area contributed by atoms with Gasteiger partial charge in [0, 0.05) is 31.4 Å². The minimum Gasteiger partial charge on any atom is -0.362 e. The first-order valence-electron chi connectivity index (χ1n) is 10.4. The largest absolute Gasteiger partial charge is 0.362 e. The van der Waals surface area contributed by atoms with E-state index in [2.05, 4.69) is 38.7 Å². The maximum atomic E-state index is 13.3. The van der Waals surface area contributed by atoms with Gasteiger partial charge in [-0.1, -0.05) is 27.7 Å². The second-order valence-corrected chi connectivity index (χ2v) is 10.0. The van der Waals surface area contributed by atoms with E-state index in [1.807, 2.05) is 0 Å². The molecule has 5 nitrogen and oxygen atoms in total. The molecule has 148 valence electrons. The predicted octanol–water partition coefficient (Wildman–Crippen LogP) is 3.68. The lowest BCUT2D eigenvalue weighted by Gasteiger charge is -2.46. The maximum Gasteiger partial charge on any atom is 0.252 e. The van der Waals surface area contributed by atoms with Crippen LogP contribution in [0.15, 0.2) is 6.07 Å². The zero-order valence-corrected chi connectivity index (χ0v) is 17.5. The lowest BCUT2D eigenvalue weighted by molar-refractivity contribution is -0.154. The number of rotatable bonds is 2. The van der Waals surface area contributed by atoms with Crippen molar-refractivity contribution in [2.45, 2.75) is 65.2 Å². The molecule has 1 aromatic rings. The van der Waals surface area contributed by atoms with Crippen LogP contribution in [0.5, 0.6) is 0 Å². The SMILES string of the molecule is CCc1cc2c([nH]1)[C@@H]1CCC(C(C)(C)C)C[C@@H]1[C@@H]1C(=O)N(N(C)C)C(=O)[C@H]21. The Morgan fingerprint density at radius 2 is 1.89 bits per heavy atom. The Balaban J connectivity index is 1.82. The van der Waals surface area contributed by atoms with Gasteiger partial charge in [0.25, 0.3) is 5.91 Å². The number of amides is 2. The first-order valence-corrected chi connectivity index (χ1v) is 10.4. The van der Waals surface area contributed by atoms with Crippen molar-refractivity contribution < 1.29 is 9.59 Å². The molecule has 5 atom stereocenters. The number of hydrogen-bond acceptors (Lipinski definition) is 3. The van der Waals surface area contributed by atoms with E-state index < -0.39 is 0 Å². The summed E-state index contributed by atoms with van der Waals surface area (Å²) < 4.78 is 0. The van der Waals surface area contributed by atoms with Crippen LogP contribution in [0.4, 0.5) is 0 Å². The fraction of sp³-hybridized carbons (Fsp3) is 0.727. The van der Waals surface area contributed by atoms with Gasteiger partial charge >= 0.3 is 0 Å². The molecule has 0 radical (unpaired) electrons. The molecular weight excluding hydrogens is 338 g/mol. The molecule has 27 heavy (non-hydrogen) atoms. The fourth-order valence-electron chi connectivity index (χ4n) is 5.88. The highest BCUT2D eigenvalue weighted by atomic mass is 16.2. The molecular formula is C22H33N3O2. The molecule has 0 bridgehead atoms. The summed E-state index contributed by atoms with van der Waals surface area (Å²) in [6.45, 7) is 9.06. The highest BCUT2D eigenvalue weighted by molar-refractivity contribution is 6.08. The summed E-state index contributed by atoms with van der Waals surface area (Å²) in [5, 5.41) is 3.05. The number of carbonyl (C=O) groups is 2. The monoisotopic (exact) mass is 371 g/mol. The fourth-order valence-corrected chi connectivity index (χ4v) is 5.88. The average molecular weight is 372 g/mol. The van der Waals surface area contributed by atoms with Crippen LogP contribution in [0.25, 0.3) is 0 Å². The number of H-pyrrole nitrogens is 1. The molecule has 2 heterocycles. The zero-order chi connectivity index (χ0) is 19.7. The molecule has 5 heteroatoms. The van der Waals surface area contributed by atoms with Gasteiger partial charge in [0.1, 0.15) is 0 Å². The van der Waals surface area contributed by atoms with Gasteiger partial charge in [-0.25, -0.2) is 10.0 Å². The van der Waals surface area contributed by atoms with Crippen molar-refractivity contribution in [3.8, 4) is 0 Å². The second kappa shape index (κ2) is 6.20. The van der Waals surface area contributed by atoms with Crippen LogP contribution in [-0.2, 0) is 16.0 Å². The molecule has 4 rings (SSSR count). The average Bonchev–Trinajstić information content (AvgIpc) is 3.13. The van der Waals surface area contributed by atoms with E-state index in [1.54, 1.807) is 19.1 Å². The lowest BCUT2D eigenvalue weighted by atomic mass is 9.57. The number of nitrogens with zero attached hydrogens (tertiary/aromatic N) is 2. The third-order valence-corrected chi connectivity index (χ3v) is 7.34. The number of nitrogens with one attached hydrogen (secondary N) is 1. The summed E-state index contributed by atoms with van der Waals surface area (Å²) in [6.07, 6.45) is 4.26. The lowest BCUT2D eigenvalue weighted by Crippen LogP contribution is -2.44. The molecule has 2 amide bonds. The Labute approximate surface area is 162 Å². The van der Waals surface area contributed by atoms with Crippen LogP contribution in [-0.4, -0.2) is 40.9 Å². The van der Waals surface area contributed by atoms with Crippen molar-refractivity contribution in [3.63, 3.8) is 0 Å². The number of carbonyl (C=O) groups excluding carboxylic acids is 2. The van der Waals surface area contributed by atoms with E-state index >= 15 is 0 Å². The van der Waals surface area contributed by atoms with Gasteiger partial charge in [0.2, 0.25) is 5.91 Å². The molecule has 1 aliphatic heterocycles. The Bertz CT molecular complexity index is 773. The number of hydrazine groups is 1. The Hall–Kier alpha value is -1.62. The maximum absolute atomic E-state index is 13.3. The van der Waals surface area contributed by atoms with Crippen LogP contribution in [0.2, 0.25) is 0 Å². The summed E-state index contributed by atoms with van der Waals surface area (Å²) in [4.78, 5) is 30.2. The number of hydrogen-bond donors (Lipinski definition) is 1. The highest BCUT2D eigenvalue weighted by Crippen LogP contribution is 2.58. The van der Waals surface area contributed by atoms with E-state index in [0.29, 0.717) is 11.8 Å². The zero-order valence-electron chi connectivity index (χ0n) is 17.5. The van der Waals surface area contributed by atoms with Crippen molar-refractivity contribution in [3.05, 3.63) is 23.0 Å². The summed E-state index contributed by atoms with van der Waals surface area (Å²) in [7, 11) is 3.58. The molecule has 1 saturated carbocycles. The van der Waals surface area contributed by atoms with Crippen molar-refractivity contribution in [1.29, 1.82) is 0 Å². The Kier molecular flexibility index (Phi) is 4.30. The van der Waals surface area contributed by atoms with Crippen LogP contribution in [0.1, 0.15) is 75.7 Å². The minimum atomic E-state index is -0.314. The summed E-state index contributed by atoms with van der Waals surface area (Å²) >= 11 is 0. The number of aromatic amines is 1. The van der Waals surface area contributed by atoms with Gasteiger partial charge in [-0.15, -0.1) is 0 Å². The molecule has 0 spiro atoms. The molecule has 1 aromatic heterocycles. The summed E-state index contributed by atoms with van der Waals surface area (Å²) in [5.74, 6) is 0.662. The van der Waals surface area contributed by atoms with Gasteiger partial charge in [-0.3, -0.25) is 9.59 Å². The van der Waals surface area contributed by atoms with Gasteiger partial charge in [0.05, 0.1) is 11.8 Å². The molecule has 3 aliphatic rings. The molecule has 2 fully saturated rings. The van der Waals surface area contributed by atoms with Gasteiger partial charge in [-0.2, -0.15) is 0 Å². The molecule has 1 N–H and O–H groups in total. The minimum absolute atomic E-state index is 0.00413. The normalized spacial score (nSPS) is 33.3. The Morgan fingerprint density at radius 1 is 1.19 bits per heavy atom. The first-order chi connectivity index (χ1) is 12.6. The van der Waals surface area contributed by atoms with Gasteiger partial charge in [-0.05, 0) is 54.6 Å². The van der Waals surface area contributed by atoms with Crippen molar-refractivity contribution in [1.82, 2.24) is 15.0 Å². The molecule has 1 unspecified atom stereocenters. The van der Waals surface area contributed by atoms with E-state index in [9.17, 15) is 9.59 Å². The van der Waals surface area contributed by atoms with Crippen LogP contribution in [0.3, 0.4) is 0 Å². The second-order valence-electron chi connectivity index (χ2n) is 10.0. The number of fused-ring (bicyclic) bond motifs is 6. The summed E-state index contributed by atoms with van der Waals surface area (Å²) in [6, 6.07) is 2.16. The quantitative estimate of drug-likeness (QED) is 0.807. The number of imide groups is 1. The van der Waals surface area contributed by atoms with Gasteiger partial charge in [0.15, 0.2) is 0 Å². The highest BCUT2D eigenvalue weighted by Gasteiger charge is 2.59. The van der Waals surface area contributed by atoms with E-state index in [0.717, 1.165) is 24.8 Å². The van der Waals surface area contributed by atoms with Crippen LogP contribution >= 0.6 is 0 Å². The van der Waals surface area contributed by atoms with Crippen molar-refractivity contribution >= 4 is 11.8 Å². The molecule has 0 aromatic carbocycles. The van der Waals surface area contributed by atoms with Gasteiger partial charge < -0.3 is 4.98 Å². The first kappa shape index (κ1) is 18.7. The van der Waals surface area contributed by atoms with E-state index in [-0.39, 0.29) is 35.0 Å². The Morgan fingerprint density at radius 3 is 2.48 bits per heavy atom. The summed E-state index contributed by atoms with van der Waals surface area (Å²) in [5.41, 5.74) is 3.75. The van der Waals surface area contributed by atoms with Crippen LogP contribution in [0, 0.1) is 23.2 Å². The van der Waals surface area contributed by atoms with Crippen molar-refractivity contribution in [2.24, 2.45) is 23.2 Å². The van der Waals surface area contributed by atoms with Crippen molar-refractivity contribution in [2.75, 3.05) is 14.1 Å². The third kappa shape index (κ3) is 2.69. The van der Waals surface area contributed by atoms with E-state index in [4.69, 9.17) is 0 Å². The topological polar surface area (TPSA) is 56.4 Å². The number of aromatic nitrogens is 1. The van der Waals surface area contributed by atoms with E-state index in [1.165, 1.54) is 22.8 Å². The molecule has 2 aliphatic carbocycles.